The van der Waals surface area contributed by atoms with Crippen LogP contribution < -0.4 is 5.32 Å². The Morgan fingerprint density at radius 2 is 1.60 bits per heavy atom. The molecule has 0 saturated heterocycles. The number of hydrazone groups is 1. The molecule has 0 aliphatic carbocycles. The van der Waals surface area contributed by atoms with Crippen LogP contribution in [0.15, 0.2) is 82.9 Å². The summed E-state index contributed by atoms with van der Waals surface area (Å²) in [5.74, 6) is 0.617. The molecule has 1 aromatic heterocycles. The normalized spacial score (nSPS) is 15.9. The SMILES string of the molecule is CC1=NN(/C(=N/c2nnc(C)s2)Nc2ccc(C)c(C)c2)C(c2ccc(-c3ccccc3)cc2)S1. The lowest BCUT2D eigenvalue weighted by molar-refractivity contribution is 0.438. The number of rotatable bonds is 4. The second kappa shape index (κ2) is 10.0. The van der Waals surface area contributed by atoms with E-state index in [0.717, 1.165) is 21.3 Å². The zero-order valence-electron chi connectivity index (χ0n) is 20.1. The molecule has 176 valence electrons. The molecule has 6 nitrogen and oxygen atoms in total. The summed E-state index contributed by atoms with van der Waals surface area (Å²) in [6.07, 6.45) is 0. The first-order chi connectivity index (χ1) is 17.0. The van der Waals surface area contributed by atoms with Gasteiger partial charge in [-0.3, -0.25) is 0 Å². The van der Waals surface area contributed by atoms with Crippen LogP contribution in [0.4, 0.5) is 10.8 Å². The van der Waals surface area contributed by atoms with Gasteiger partial charge in [-0.05, 0) is 67.6 Å². The largest absolute Gasteiger partial charge is 0.324 e. The van der Waals surface area contributed by atoms with Crippen molar-refractivity contribution in [3.8, 4) is 11.1 Å². The van der Waals surface area contributed by atoms with E-state index in [2.05, 4.69) is 96.1 Å². The van der Waals surface area contributed by atoms with E-state index in [0.29, 0.717) is 11.1 Å². The summed E-state index contributed by atoms with van der Waals surface area (Å²) in [5.41, 5.74) is 6.95. The first-order valence-electron chi connectivity index (χ1n) is 11.4. The maximum absolute atomic E-state index is 4.84. The first kappa shape index (κ1) is 23.3. The number of thioether (sulfide) groups is 1. The van der Waals surface area contributed by atoms with Gasteiger partial charge >= 0.3 is 0 Å². The van der Waals surface area contributed by atoms with Crippen LogP contribution in [0.3, 0.4) is 0 Å². The van der Waals surface area contributed by atoms with Crippen molar-refractivity contribution in [1.82, 2.24) is 15.2 Å². The monoisotopic (exact) mass is 498 g/mol. The summed E-state index contributed by atoms with van der Waals surface area (Å²) in [4.78, 5) is 4.84. The Morgan fingerprint density at radius 3 is 2.29 bits per heavy atom. The molecule has 1 atom stereocenters. The maximum Gasteiger partial charge on any atom is 0.234 e. The average molecular weight is 499 g/mol. The molecule has 1 unspecified atom stereocenters. The van der Waals surface area contributed by atoms with Gasteiger partial charge < -0.3 is 5.32 Å². The van der Waals surface area contributed by atoms with Crippen LogP contribution in [0.2, 0.25) is 0 Å². The van der Waals surface area contributed by atoms with Crippen LogP contribution in [0, 0.1) is 20.8 Å². The number of aliphatic imine (C=N–C) groups is 1. The molecule has 35 heavy (non-hydrogen) atoms. The predicted octanol–water partition coefficient (Wildman–Crippen LogP) is 7.31. The van der Waals surface area contributed by atoms with Crippen LogP contribution in [0.25, 0.3) is 11.1 Å². The van der Waals surface area contributed by atoms with Crippen molar-refractivity contribution in [2.45, 2.75) is 33.1 Å². The molecule has 4 aromatic rings. The van der Waals surface area contributed by atoms with Crippen molar-refractivity contribution in [3.63, 3.8) is 0 Å². The predicted molar refractivity (Wildman–Crippen MR) is 148 cm³/mol. The van der Waals surface area contributed by atoms with Crippen molar-refractivity contribution in [2.24, 2.45) is 10.1 Å². The van der Waals surface area contributed by atoms with E-state index in [1.807, 2.05) is 24.9 Å². The van der Waals surface area contributed by atoms with Gasteiger partial charge in [-0.2, -0.15) is 10.1 Å². The summed E-state index contributed by atoms with van der Waals surface area (Å²) in [6.45, 7) is 8.17. The van der Waals surface area contributed by atoms with E-state index in [-0.39, 0.29) is 5.37 Å². The van der Waals surface area contributed by atoms with Gasteiger partial charge in [0, 0.05) is 5.69 Å². The fourth-order valence-electron chi connectivity index (χ4n) is 3.78. The highest BCUT2D eigenvalue weighted by atomic mass is 32.2. The zero-order valence-corrected chi connectivity index (χ0v) is 21.7. The van der Waals surface area contributed by atoms with Crippen LogP contribution in [-0.2, 0) is 0 Å². The van der Waals surface area contributed by atoms with Gasteiger partial charge in [-0.1, -0.05) is 83.8 Å². The highest BCUT2D eigenvalue weighted by Crippen LogP contribution is 2.40. The summed E-state index contributed by atoms with van der Waals surface area (Å²) < 4.78 is 0. The molecule has 1 aliphatic heterocycles. The minimum atomic E-state index is -0.0494. The van der Waals surface area contributed by atoms with E-state index < -0.39 is 0 Å². The third-order valence-electron chi connectivity index (χ3n) is 5.75. The van der Waals surface area contributed by atoms with E-state index >= 15 is 0 Å². The third kappa shape index (κ3) is 5.28. The lowest BCUT2D eigenvalue weighted by Gasteiger charge is -2.25. The van der Waals surface area contributed by atoms with Crippen LogP contribution >= 0.6 is 23.1 Å². The number of aromatic nitrogens is 2. The highest BCUT2D eigenvalue weighted by Gasteiger charge is 2.31. The number of guanidine groups is 1. The van der Waals surface area contributed by atoms with Gasteiger partial charge in [0.05, 0.1) is 5.04 Å². The number of benzene rings is 3. The maximum atomic E-state index is 4.84. The summed E-state index contributed by atoms with van der Waals surface area (Å²) in [5, 5.41) is 21.0. The van der Waals surface area contributed by atoms with Gasteiger partial charge in [0.2, 0.25) is 11.1 Å². The third-order valence-corrected chi connectivity index (χ3v) is 7.60. The van der Waals surface area contributed by atoms with Crippen molar-refractivity contribution in [2.75, 3.05) is 5.32 Å². The molecule has 0 bridgehead atoms. The Balaban J connectivity index is 1.49. The minimum Gasteiger partial charge on any atom is -0.324 e. The second-order valence-corrected chi connectivity index (χ2v) is 10.8. The Morgan fingerprint density at radius 1 is 0.857 bits per heavy atom. The van der Waals surface area contributed by atoms with E-state index in [1.54, 1.807) is 11.8 Å². The fourth-order valence-corrected chi connectivity index (χ4v) is 5.34. The van der Waals surface area contributed by atoms with Crippen molar-refractivity contribution in [1.29, 1.82) is 0 Å². The van der Waals surface area contributed by atoms with Gasteiger partial charge in [0.25, 0.3) is 0 Å². The number of nitrogens with one attached hydrogen (secondary N) is 1. The summed E-state index contributed by atoms with van der Waals surface area (Å²) in [7, 11) is 0. The van der Waals surface area contributed by atoms with Crippen molar-refractivity contribution >= 4 is 44.9 Å². The lowest BCUT2D eigenvalue weighted by Crippen LogP contribution is -2.32. The molecule has 1 N–H and O–H groups in total. The van der Waals surface area contributed by atoms with E-state index in [9.17, 15) is 0 Å². The fraction of sp³-hybridized carbons (Fsp3) is 0.185. The van der Waals surface area contributed by atoms with Gasteiger partial charge in [-0.25, -0.2) is 5.01 Å². The minimum absolute atomic E-state index is 0.0494. The molecular weight excluding hydrogens is 472 g/mol. The molecule has 1 aliphatic rings. The molecule has 0 radical (unpaired) electrons. The number of anilines is 1. The van der Waals surface area contributed by atoms with Gasteiger partial charge in [-0.15, -0.1) is 10.2 Å². The van der Waals surface area contributed by atoms with Crippen LogP contribution in [-0.4, -0.2) is 26.2 Å². The zero-order chi connectivity index (χ0) is 24.4. The van der Waals surface area contributed by atoms with E-state index in [1.165, 1.54) is 33.6 Å². The molecule has 0 amide bonds. The second-order valence-electron chi connectivity index (χ2n) is 8.38. The molecule has 0 saturated carbocycles. The number of hydrogen-bond donors (Lipinski definition) is 1. The molecule has 2 heterocycles. The molecule has 0 spiro atoms. The van der Waals surface area contributed by atoms with Gasteiger partial charge in [0.15, 0.2) is 0 Å². The molecule has 3 aromatic carbocycles. The standard InChI is InChI=1S/C27H26N6S2/c1-17-10-15-24(16-18(17)2)28-26(29-27-31-30-19(3)35-27)33-25(34-20(4)32-33)23-13-11-22(12-14-23)21-8-6-5-7-9-21/h5-16,25H,1-4H3,(H,28,29,31). The van der Waals surface area contributed by atoms with Crippen LogP contribution in [0.5, 0.6) is 0 Å². The Kier molecular flexibility index (Phi) is 6.66. The molecule has 0 fully saturated rings. The number of hydrogen-bond acceptors (Lipinski definition) is 6. The number of nitrogens with zero attached hydrogens (tertiary/aromatic N) is 5. The van der Waals surface area contributed by atoms with Gasteiger partial charge in [0.1, 0.15) is 10.4 Å². The molecule has 5 rings (SSSR count). The highest BCUT2D eigenvalue weighted by molar-refractivity contribution is 8.14. The summed E-state index contributed by atoms with van der Waals surface area (Å²) >= 11 is 3.17. The molecular formula is C27H26N6S2. The topological polar surface area (TPSA) is 65.8 Å². The number of aryl methyl sites for hydroxylation is 3. The van der Waals surface area contributed by atoms with Crippen molar-refractivity contribution < 1.29 is 0 Å². The average Bonchev–Trinajstić information content (AvgIpc) is 3.46. The summed E-state index contributed by atoms with van der Waals surface area (Å²) in [6, 6.07) is 25.4. The Bertz CT molecular complexity index is 1390. The first-order valence-corrected chi connectivity index (χ1v) is 13.1. The smallest absolute Gasteiger partial charge is 0.234 e. The molecule has 8 heteroatoms. The van der Waals surface area contributed by atoms with E-state index in [4.69, 9.17) is 10.1 Å². The Labute approximate surface area is 213 Å². The quantitative estimate of drug-likeness (QED) is 0.236. The Hall–Kier alpha value is -3.49. The lowest BCUT2D eigenvalue weighted by atomic mass is 10.0. The van der Waals surface area contributed by atoms with Crippen LogP contribution in [0.1, 0.15) is 34.0 Å². The van der Waals surface area contributed by atoms with Crippen molar-refractivity contribution in [3.05, 3.63) is 94.5 Å².